The van der Waals surface area contributed by atoms with Gasteiger partial charge in [0.25, 0.3) is 5.91 Å². The molecule has 8 nitrogen and oxygen atoms in total. The molecule has 0 unspecified atom stereocenters. The number of benzene rings is 1. The van der Waals surface area contributed by atoms with Gasteiger partial charge in [0, 0.05) is 6.20 Å². The summed E-state index contributed by atoms with van der Waals surface area (Å²) >= 11 is 12.1. The van der Waals surface area contributed by atoms with Crippen molar-refractivity contribution < 1.29 is 23.8 Å². The van der Waals surface area contributed by atoms with E-state index >= 15 is 0 Å². The number of pyridine rings is 1. The smallest absolute Gasteiger partial charge is 0.343 e. The van der Waals surface area contributed by atoms with E-state index in [1.807, 2.05) is 0 Å². The minimum atomic E-state index is -0.555. The van der Waals surface area contributed by atoms with Crippen LogP contribution in [0.15, 0.2) is 35.6 Å². The summed E-state index contributed by atoms with van der Waals surface area (Å²) < 4.78 is 15.4. The van der Waals surface area contributed by atoms with E-state index in [1.54, 1.807) is 25.1 Å². The zero-order valence-electron chi connectivity index (χ0n) is 15.1. The molecule has 0 bridgehead atoms. The standard InChI is InChI=1S/C18H17Cl2N3O5/c1-3-27-14-8-11(7-13(19)16(14)28-10-15(24)26-2)9-22-23-18(25)12-5-4-6-21-17(12)20/h4-9H,3,10H2,1-2H3,(H,23,25). The Morgan fingerprint density at radius 1 is 1.29 bits per heavy atom. The molecule has 0 radical (unpaired) electrons. The zero-order chi connectivity index (χ0) is 20.5. The molecule has 0 aliphatic heterocycles. The maximum atomic E-state index is 12.1. The van der Waals surface area contributed by atoms with Crippen molar-refractivity contribution in [2.45, 2.75) is 6.92 Å². The van der Waals surface area contributed by atoms with Crippen LogP contribution < -0.4 is 14.9 Å². The predicted octanol–water partition coefficient (Wildman–Crippen LogP) is 3.10. The number of methoxy groups -OCH3 is 1. The minimum absolute atomic E-state index is 0.0731. The van der Waals surface area contributed by atoms with Crippen LogP contribution in [0.2, 0.25) is 10.2 Å². The lowest BCUT2D eigenvalue weighted by Gasteiger charge is -2.13. The van der Waals surface area contributed by atoms with Crippen molar-refractivity contribution in [2.24, 2.45) is 5.10 Å². The number of carbonyl (C=O) groups excluding carboxylic acids is 2. The Bertz CT molecular complexity index is 890. The molecule has 2 rings (SSSR count). The number of halogens is 2. The molecule has 28 heavy (non-hydrogen) atoms. The molecule has 1 N–H and O–H groups in total. The number of aromatic nitrogens is 1. The molecule has 1 aromatic carbocycles. The first kappa shape index (κ1) is 21.5. The molecule has 0 aliphatic rings. The third-order valence-corrected chi connectivity index (χ3v) is 3.86. The highest BCUT2D eigenvalue weighted by Gasteiger charge is 2.14. The minimum Gasteiger partial charge on any atom is -0.490 e. The Morgan fingerprint density at radius 3 is 2.75 bits per heavy atom. The number of hydrogen-bond acceptors (Lipinski definition) is 7. The quantitative estimate of drug-likeness (QED) is 0.302. The highest BCUT2D eigenvalue weighted by Crippen LogP contribution is 2.36. The number of carbonyl (C=O) groups is 2. The Kier molecular flexibility index (Phi) is 8.03. The lowest BCUT2D eigenvalue weighted by atomic mass is 10.2. The number of hydrogen-bond donors (Lipinski definition) is 1. The third-order valence-electron chi connectivity index (χ3n) is 3.28. The van der Waals surface area contributed by atoms with Gasteiger partial charge < -0.3 is 14.2 Å². The summed E-state index contributed by atoms with van der Waals surface area (Å²) in [6.07, 6.45) is 2.85. The van der Waals surface area contributed by atoms with Crippen molar-refractivity contribution in [1.82, 2.24) is 10.4 Å². The first-order valence-electron chi connectivity index (χ1n) is 8.06. The van der Waals surface area contributed by atoms with E-state index < -0.39 is 11.9 Å². The number of nitrogens with one attached hydrogen (secondary N) is 1. The molecule has 1 amide bonds. The van der Waals surface area contributed by atoms with E-state index in [-0.39, 0.29) is 28.1 Å². The fourth-order valence-electron chi connectivity index (χ4n) is 2.04. The summed E-state index contributed by atoms with van der Waals surface area (Å²) in [6.45, 7) is 1.82. The van der Waals surface area contributed by atoms with Crippen molar-refractivity contribution in [2.75, 3.05) is 20.3 Å². The number of nitrogens with zero attached hydrogens (tertiary/aromatic N) is 2. The molecule has 0 atom stereocenters. The second-order valence-corrected chi connectivity index (χ2v) is 5.93. The third kappa shape index (κ3) is 5.83. The van der Waals surface area contributed by atoms with E-state index in [2.05, 4.69) is 20.2 Å². The van der Waals surface area contributed by atoms with Crippen LogP contribution in [0.1, 0.15) is 22.8 Å². The van der Waals surface area contributed by atoms with Crippen LogP contribution in [0.4, 0.5) is 0 Å². The van der Waals surface area contributed by atoms with Crippen LogP contribution in [-0.4, -0.2) is 43.4 Å². The lowest BCUT2D eigenvalue weighted by molar-refractivity contribution is -0.142. The van der Waals surface area contributed by atoms with Crippen molar-refractivity contribution in [3.63, 3.8) is 0 Å². The Balaban J connectivity index is 2.14. The summed E-state index contributed by atoms with van der Waals surface area (Å²) in [6, 6.07) is 6.27. The summed E-state index contributed by atoms with van der Waals surface area (Å²) in [5.74, 6) is -0.538. The van der Waals surface area contributed by atoms with Gasteiger partial charge in [-0.1, -0.05) is 23.2 Å². The van der Waals surface area contributed by atoms with Gasteiger partial charge in [-0.05, 0) is 36.8 Å². The molecule has 0 fully saturated rings. The molecule has 2 aromatic rings. The van der Waals surface area contributed by atoms with Gasteiger partial charge >= 0.3 is 5.97 Å². The van der Waals surface area contributed by atoms with E-state index in [1.165, 1.54) is 25.6 Å². The molecular weight excluding hydrogens is 409 g/mol. The number of ether oxygens (including phenoxy) is 3. The van der Waals surface area contributed by atoms with E-state index in [9.17, 15) is 9.59 Å². The zero-order valence-corrected chi connectivity index (χ0v) is 16.6. The van der Waals surface area contributed by atoms with Gasteiger partial charge in [-0.25, -0.2) is 15.2 Å². The Hall–Kier alpha value is -2.84. The average molecular weight is 426 g/mol. The lowest BCUT2D eigenvalue weighted by Crippen LogP contribution is -2.18. The van der Waals surface area contributed by atoms with Crippen molar-refractivity contribution in [3.05, 3.63) is 51.8 Å². The number of amides is 1. The second-order valence-electron chi connectivity index (χ2n) is 5.17. The SMILES string of the molecule is CCOc1cc(C=NNC(=O)c2cccnc2Cl)cc(Cl)c1OCC(=O)OC. The predicted molar refractivity (Wildman–Crippen MR) is 104 cm³/mol. The van der Waals surface area contributed by atoms with Crippen molar-refractivity contribution >= 4 is 41.3 Å². The Labute approximate surface area is 171 Å². The summed E-state index contributed by atoms with van der Waals surface area (Å²) in [5.41, 5.74) is 3.08. The molecule has 148 valence electrons. The van der Waals surface area contributed by atoms with E-state index in [0.29, 0.717) is 17.9 Å². The monoisotopic (exact) mass is 425 g/mol. The molecule has 1 heterocycles. The first-order chi connectivity index (χ1) is 13.5. The van der Waals surface area contributed by atoms with E-state index in [0.717, 1.165) is 0 Å². The van der Waals surface area contributed by atoms with Crippen LogP contribution >= 0.6 is 23.2 Å². The average Bonchev–Trinajstić information content (AvgIpc) is 2.67. The number of esters is 1. The van der Waals surface area contributed by atoms with Gasteiger partial charge in [0.2, 0.25) is 0 Å². The molecule has 10 heteroatoms. The molecule has 0 aliphatic carbocycles. The topological polar surface area (TPSA) is 99.1 Å². The second kappa shape index (κ2) is 10.5. The van der Waals surface area contributed by atoms with Gasteiger partial charge in [-0.3, -0.25) is 4.79 Å². The highest BCUT2D eigenvalue weighted by molar-refractivity contribution is 6.33. The summed E-state index contributed by atoms with van der Waals surface area (Å²) in [4.78, 5) is 27.2. The maximum Gasteiger partial charge on any atom is 0.343 e. The van der Waals surface area contributed by atoms with Crippen molar-refractivity contribution in [1.29, 1.82) is 0 Å². The van der Waals surface area contributed by atoms with Crippen LogP contribution in [0.25, 0.3) is 0 Å². The normalized spacial score (nSPS) is 10.6. The van der Waals surface area contributed by atoms with Crippen LogP contribution in [-0.2, 0) is 9.53 Å². The van der Waals surface area contributed by atoms with Gasteiger partial charge in [0.15, 0.2) is 18.1 Å². The van der Waals surface area contributed by atoms with Gasteiger partial charge in [0.05, 0.1) is 30.5 Å². The van der Waals surface area contributed by atoms with Crippen LogP contribution in [0.3, 0.4) is 0 Å². The summed E-state index contributed by atoms with van der Waals surface area (Å²) in [5, 5.41) is 4.16. The van der Waals surface area contributed by atoms with E-state index in [4.69, 9.17) is 32.7 Å². The largest absolute Gasteiger partial charge is 0.490 e. The highest BCUT2D eigenvalue weighted by atomic mass is 35.5. The summed E-state index contributed by atoms with van der Waals surface area (Å²) in [7, 11) is 1.25. The molecule has 0 spiro atoms. The number of hydrazone groups is 1. The fraction of sp³-hybridized carbons (Fsp3) is 0.222. The van der Waals surface area contributed by atoms with Crippen molar-refractivity contribution in [3.8, 4) is 11.5 Å². The number of rotatable bonds is 8. The fourth-order valence-corrected chi connectivity index (χ4v) is 2.52. The molecular formula is C18H17Cl2N3O5. The van der Waals surface area contributed by atoms with Crippen LogP contribution in [0, 0.1) is 0 Å². The van der Waals surface area contributed by atoms with Gasteiger partial charge in [-0.15, -0.1) is 0 Å². The molecule has 1 aromatic heterocycles. The Morgan fingerprint density at radius 2 is 2.07 bits per heavy atom. The molecule has 0 saturated carbocycles. The van der Waals surface area contributed by atoms with Crippen LogP contribution in [0.5, 0.6) is 11.5 Å². The van der Waals surface area contributed by atoms with Gasteiger partial charge in [0.1, 0.15) is 5.15 Å². The molecule has 0 saturated heterocycles. The maximum absolute atomic E-state index is 12.1. The van der Waals surface area contributed by atoms with Gasteiger partial charge in [-0.2, -0.15) is 5.10 Å². The first-order valence-corrected chi connectivity index (χ1v) is 8.81.